The number of rotatable bonds is 4. The molecule has 1 aliphatic rings. The van der Waals surface area contributed by atoms with Gasteiger partial charge in [0.05, 0.1) is 16.5 Å². The van der Waals surface area contributed by atoms with Crippen LogP contribution < -0.4 is 4.72 Å². The number of nitrogens with zero attached hydrogens (tertiary/aromatic N) is 1. The van der Waals surface area contributed by atoms with Crippen LogP contribution >= 0.6 is 0 Å². The highest BCUT2D eigenvalue weighted by Crippen LogP contribution is 2.33. The molecule has 1 aromatic heterocycles. The fourth-order valence-corrected chi connectivity index (χ4v) is 4.69. The number of amides is 1. The summed E-state index contributed by atoms with van der Waals surface area (Å²) in [5, 5.41) is 0.475. The van der Waals surface area contributed by atoms with Gasteiger partial charge >= 0.3 is 0 Å². The topological polar surface area (TPSA) is 85.4 Å². The minimum atomic E-state index is -4.04. The Kier molecular flexibility index (Phi) is 4.87. The summed E-state index contributed by atoms with van der Waals surface area (Å²) in [6.45, 7) is 1.84. The SMILES string of the molecule is Cc1ccc2c(S(=O)(=O)NC(=O)C3CCC(c4ccccc4)O3)cccc2n1. The Hall–Kier alpha value is -2.77. The van der Waals surface area contributed by atoms with Crippen molar-refractivity contribution in [1.82, 2.24) is 9.71 Å². The molecule has 2 aromatic carbocycles. The van der Waals surface area contributed by atoms with E-state index in [-0.39, 0.29) is 11.0 Å². The number of fused-ring (bicyclic) bond motifs is 1. The van der Waals surface area contributed by atoms with Crippen LogP contribution in [-0.2, 0) is 19.6 Å². The van der Waals surface area contributed by atoms with Crippen LogP contribution in [0.5, 0.6) is 0 Å². The molecule has 0 bridgehead atoms. The summed E-state index contributed by atoms with van der Waals surface area (Å²) in [7, 11) is -4.04. The lowest BCUT2D eigenvalue weighted by Gasteiger charge is -2.15. The number of carbonyl (C=O) groups excluding carboxylic acids is 1. The van der Waals surface area contributed by atoms with E-state index in [4.69, 9.17) is 4.74 Å². The maximum Gasteiger partial charge on any atom is 0.264 e. The van der Waals surface area contributed by atoms with Gasteiger partial charge in [-0.05, 0) is 49.6 Å². The van der Waals surface area contributed by atoms with Crippen molar-refractivity contribution >= 4 is 26.8 Å². The minimum Gasteiger partial charge on any atom is -0.360 e. The summed E-state index contributed by atoms with van der Waals surface area (Å²) < 4.78 is 33.6. The van der Waals surface area contributed by atoms with Crippen LogP contribution in [-0.4, -0.2) is 25.4 Å². The molecule has 1 fully saturated rings. The van der Waals surface area contributed by atoms with Crippen molar-refractivity contribution in [1.29, 1.82) is 0 Å². The largest absolute Gasteiger partial charge is 0.360 e. The van der Waals surface area contributed by atoms with Gasteiger partial charge in [-0.2, -0.15) is 0 Å². The summed E-state index contributed by atoms with van der Waals surface area (Å²) in [6.07, 6.45) is 0.135. The van der Waals surface area contributed by atoms with Gasteiger partial charge < -0.3 is 4.74 Å². The molecule has 2 atom stereocenters. The van der Waals surface area contributed by atoms with E-state index in [1.807, 2.05) is 37.3 Å². The number of nitrogens with one attached hydrogen (secondary N) is 1. The Labute approximate surface area is 163 Å². The van der Waals surface area contributed by atoms with Crippen molar-refractivity contribution in [2.24, 2.45) is 0 Å². The highest BCUT2D eigenvalue weighted by Gasteiger charge is 2.34. The highest BCUT2D eigenvalue weighted by atomic mass is 32.2. The normalized spacial score (nSPS) is 19.6. The Morgan fingerprint density at radius 1 is 1.04 bits per heavy atom. The molecule has 1 aliphatic heterocycles. The number of hydrogen-bond acceptors (Lipinski definition) is 5. The zero-order valence-electron chi connectivity index (χ0n) is 15.3. The number of carbonyl (C=O) groups is 1. The summed E-state index contributed by atoms with van der Waals surface area (Å²) in [5.74, 6) is -0.643. The molecule has 7 heteroatoms. The van der Waals surface area contributed by atoms with Gasteiger partial charge in [0.2, 0.25) is 0 Å². The molecular formula is C21H20N2O4S. The maximum atomic E-state index is 12.8. The van der Waals surface area contributed by atoms with Crippen molar-refractivity contribution < 1.29 is 17.9 Å². The summed E-state index contributed by atoms with van der Waals surface area (Å²) >= 11 is 0. The first kappa shape index (κ1) is 18.6. The lowest BCUT2D eigenvalue weighted by atomic mass is 10.1. The minimum absolute atomic E-state index is 0.0310. The Balaban J connectivity index is 1.53. The quantitative estimate of drug-likeness (QED) is 0.732. The maximum absolute atomic E-state index is 12.8. The third-order valence-corrected chi connectivity index (χ3v) is 6.24. The molecular weight excluding hydrogens is 376 g/mol. The van der Waals surface area contributed by atoms with Crippen LogP contribution in [0.15, 0.2) is 65.6 Å². The standard InChI is InChI=1S/C21H20N2O4S/c1-14-10-11-16-17(22-14)8-5-9-20(16)28(25,26)23-21(24)19-13-12-18(27-19)15-6-3-2-4-7-15/h2-11,18-19H,12-13H2,1H3,(H,23,24). The van der Waals surface area contributed by atoms with Crippen molar-refractivity contribution in [2.45, 2.75) is 36.9 Å². The van der Waals surface area contributed by atoms with Crippen molar-refractivity contribution in [3.05, 3.63) is 71.9 Å². The number of sulfonamides is 1. The number of aryl methyl sites for hydroxylation is 1. The third-order valence-electron chi connectivity index (χ3n) is 4.84. The fraction of sp³-hybridized carbons (Fsp3) is 0.238. The second-order valence-electron chi connectivity index (χ2n) is 6.85. The van der Waals surface area contributed by atoms with Gasteiger partial charge in [-0.25, -0.2) is 13.1 Å². The number of pyridine rings is 1. The van der Waals surface area contributed by atoms with Crippen LogP contribution in [0.25, 0.3) is 10.9 Å². The second kappa shape index (κ2) is 7.33. The van der Waals surface area contributed by atoms with Crippen LogP contribution in [0.3, 0.4) is 0 Å². The number of hydrogen-bond donors (Lipinski definition) is 1. The van der Waals surface area contributed by atoms with Crippen LogP contribution in [0.4, 0.5) is 0 Å². The Morgan fingerprint density at radius 2 is 1.82 bits per heavy atom. The lowest BCUT2D eigenvalue weighted by Crippen LogP contribution is -2.38. The van der Waals surface area contributed by atoms with Gasteiger partial charge in [0.25, 0.3) is 15.9 Å². The summed E-state index contributed by atoms with van der Waals surface area (Å²) in [5.41, 5.74) is 2.34. The van der Waals surface area contributed by atoms with E-state index in [1.165, 1.54) is 6.07 Å². The van der Waals surface area contributed by atoms with Gasteiger partial charge in [0, 0.05) is 11.1 Å². The molecule has 1 N–H and O–H groups in total. The van der Waals surface area contributed by atoms with Crippen LogP contribution in [0.2, 0.25) is 0 Å². The number of benzene rings is 2. The molecule has 0 radical (unpaired) electrons. The fourth-order valence-electron chi connectivity index (χ4n) is 3.46. The average molecular weight is 396 g/mol. The van der Waals surface area contributed by atoms with Gasteiger partial charge in [-0.3, -0.25) is 9.78 Å². The Morgan fingerprint density at radius 3 is 2.61 bits per heavy atom. The predicted molar refractivity (Wildman–Crippen MR) is 105 cm³/mol. The molecule has 0 spiro atoms. The van der Waals surface area contributed by atoms with E-state index in [2.05, 4.69) is 9.71 Å². The van der Waals surface area contributed by atoms with Gasteiger partial charge in [-0.1, -0.05) is 36.4 Å². The molecule has 2 unspecified atom stereocenters. The van der Waals surface area contributed by atoms with Crippen molar-refractivity contribution in [3.63, 3.8) is 0 Å². The number of ether oxygens (including phenoxy) is 1. The Bertz CT molecular complexity index is 1130. The van der Waals surface area contributed by atoms with E-state index < -0.39 is 22.0 Å². The molecule has 1 saturated heterocycles. The zero-order valence-corrected chi connectivity index (χ0v) is 16.1. The third kappa shape index (κ3) is 3.63. The first-order chi connectivity index (χ1) is 13.4. The summed E-state index contributed by atoms with van der Waals surface area (Å²) in [6, 6.07) is 17.9. The van der Waals surface area contributed by atoms with Gasteiger partial charge in [-0.15, -0.1) is 0 Å². The molecule has 4 rings (SSSR count). The second-order valence-corrected chi connectivity index (χ2v) is 8.50. The van der Waals surface area contributed by atoms with Crippen molar-refractivity contribution in [3.8, 4) is 0 Å². The average Bonchev–Trinajstić information content (AvgIpc) is 3.18. The molecule has 144 valence electrons. The smallest absolute Gasteiger partial charge is 0.264 e. The molecule has 2 heterocycles. The molecule has 0 saturated carbocycles. The predicted octanol–water partition coefficient (Wildman–Crippen LogP) is 3.27. The highest BCUT2D eigenvalue weighted by molar-refractivity contribution is 7.90. The molecule has 1 amide bonds. The first-order valence-corrected chi connectivity index (χ1v) is 10.6. The van der Waals surface area contributed by atoms with Crippen LogP contribution in [0.1, 0.15) is 30.2 Å². The van der Waals surface area contributed by atoms with E-state index in [0.717, 1.165) is 11.3 Å². The van der Waals surface area contributed by atoms with E-state index in [1.54, 1.807) is 24.3 Å². The van der Waals surface area contributed by atoms with E-state index >= 15 is 0 Å². The van der Waals surface area contributed by atoms with E-state index in [9.17, 15) is 13.2 Å². The van der Waals surface area contributed by atoms with Gasteiger partial charge in [0.1, 0.15) is 6.10 Å². The van der Waals surface area contributed by atoms with E-state index in [0.29, 0.717) is 23.7 Å². The molecule has 6 nitrogen and oxygen atoms in total. The first-order valence-electron chi connectivity index (χ1n) is 9.07. The lowest BCUT2D eigenvalue weighted by molar-refractivity contribution is -0.130. The van der Waals surface area contributed by atoms with Crippen molar-refractivity contribution in [2.75, 3.05) is 0 Å². The molecule has 0 aliphatic carbocycles. The zero-order chi connectivity index (χ0) is 19.7. The number of aromatic nitrogens is 1. The molecule has 28 heavy (non-hydrogen) atoms. The van der Waals surface area contributed by atoms with Gasteiger partial charge in [0.15, 0.2) is 0 Å². The van der Waals surface area contributed by atoms with Crippen LogP contribution in [0, 0.1) is 6.92 Å². The summed E-state index contributed by atoms with van der Waals surface area (Å²) in [4.78, 5) is 16.9. The molecule has 3 aromatic rings. The monoisotopic (exact) mass is 396 g/mol.